The van der Waals surface area contributed by atoms with Crippen molar-refractivity contribution in [1.29, 1.82) is 0 Å². The number of pyridine rings is 1. The summed E-state index contributed by atoms with van der Waals surface area (Å²) in [7, 11) is 0. The molecule has 0 spiro atoms. The highest BCUT2D eigenvalue weighted by molar-refractivity contribution is 7.26. The Hall–Kier alpha value is -6.97. The molecular formula is C51H29N3O2S3. The van der Waals surface area contributed by atoms with E-state index in [2.05, 4.69) is 155 Å². The van der Waals surface area contributed by atoms with Gasteiger partial charge in [0.2, 0.25) is 0 Å². The Labute approximate surface area is 348 Å². The molecule has 0 aliphatic heterocycles. The van der Waals surface area contributed by atoms with Crippen LogP contribution in [0.15, 0.2) is 185 Å². The van der Waals surface area contributed by atoms with Crippen molar-refractivity contribution in [3.05, 3.63) is 176 Å². The molecule has 6 heterocycles. The van der Waals surface area contributed by atoms with E-state index >= 15 is 0 Å². The number of fused-ring (bicyclic) bond motifs is 11. The number of nitrogens with zero attached hydrogens (tertiary/aromatic N) is 3. The predicted octanol–water partition coefficient (Wildman–Crippen LogP) is 16.6. The Bertz CT molecular complexity index is 3480. The summed E-state index contributed by atoms with van der Waals surface area (Å²) < 4.78 is 17.6. The minimum absolute atomic E-state index is 0.862. The number of para-hydroxylation sites is 2. The van der Waals surface area contributed by atoms with Gasteiger partial charge in [0.25, 0.3) is 0 Å². The summed E-state index contributed by atoms with van der Waals surface area (Å²) in [5.41, 5.74) is 8.67. The maximum atomic E-state index is 6.39. The molecule has 8 heteroatoms. The molecule has 0 amide bonds. The number of thiophene rings is 3. The van der Waals surface area contributed by atoms with Crippen LogP contribution in [0.1, 0.15) is 0 Å². The number of furan rings is 2. The molecule has 278 valence electrons. The van der Waals surface area contributed by atoms with Crippen LogP contribution in [0.3, 0.4) is 0 Å². The largest absolute Gasteiger partial charge is 0.456 e. The maximum absolute atomic E-state index is 6.39. The van der Waals surface area contributed by atoms with E-state index in [4.69, 9.17) is 13.8 Å². The number of benzene rings is 7. The quantitative estimate of drug-likeness (QED) is 0.167. The van der Waals surface area contributed by atoms with Crippen molar-refractivity contribution >= 4 is 151 Å². The zero-order valence-corrected chi connectivity index (χ0v) is 33.6. The Morgan fingerprint density at radius 3 is 1.42 bits per heavy atom. The first-order valence-corrected chi connectivity index (χ1v) is 21.9. The predicted molar refractivity (Wildman–Crippen MR) is 252 cm³/mol. The first kappa shape index (κ1) is 33.0. The third-order valence-corrected chi connectivity index (χ3v) is 14.6. The van der Waals surface area contributed by atoms with Gasteiger partial charge in [-0.25, -0.2) is 0 Å². The average molecular weight is 812 g/mol. The molecule has 0 atom stereocenters. The minimum atomic E-state index is 0.862. The number of hydrogen-bond acceptors (Lipinski definition) is 8. The van der Waals surface area contributed by atoms with Crippen LogP contribution < -0.4 is 9.80 Å². The molecule has 0 bridgehead atoms. The van der Waals surface area contributed by atoms with Crippen LogP contribution in [0, 0.1) is 0 Å². The molecule has 0 radical (unpaired) electrons. The second kappa shape index (κ2) is 12.8. The standard InChI is InChI=1S/C51H29N3O2S3/c1-7-15-45-30(9-1)23-49(58-45)53(32-17-20-38-36-11-3-5-13-41(36)55-43(38)25-32)34-19-22-40-47(27-34)57-48-28-35(29-52-51(40)48)54(50-24-31-10-2-8-16-46(31)59-50)33-18-21-39-37-12-4-6-14-42(37)56-44(39)26-33/h1-29H. The average Bonchev–Trinajstić information content (AvgIpc) is 4.10. The van der Waals surface area contributed by atoms with Gasteiger partial charge >= 0.3 is 0 Å². The van der Waals surface area contributed by atoms with Gasteiger partial charge in [-0.05, 0) is 95.7 Å². The van der Waals surface area contributed by atoms with Gasteiger partial charge in [0.05, 0.1) is 33.5 Å². The second-order valence-electron chi connectivity index (χ2n) is 14.8. The topological polar surface area (TPSA) is 45.7 Å². The zero-order chi connectivity index (χ0) is 38.6. The minimum Gasteiger partial charge on any atom is -0.456 e. The van der Waals surface area contributed by atoms with E-state index < -0.39 is 0 Å². The van der Waals surface area contributed by atoms with Crippen molar-refractivity contribution in [2.45, 2.75) is 0 Å². The number of anilines is 6. The Balaban J connectivity index is 0.959. The van der Waals surface area contributed by atoms with Crippen molar-refractivity contribution in [1.82, 2.24) is 4.98 Å². The lowest BCUT2D eigenvalue weighted by atomic mass is 10.1. The molecule has 0 aliphatic rings. The molecule has 0 saturated carbocycles. The lowest BCUT2D eigenvalue weighted by molar-refractivity contribution is 0.668. The summed E-state index contributed by atoms with van der Waals surface area (Å²) in [6.07, 6.45) is 2.02. The molecule has 6 aromatic heterocycles. The summed E-state index contributed by atoms with van der Waals surface area (Å²) in [6.45, 7) is 0. The van der Waals surface area contributed by atoms with Gasteiger partial charge in [-0.2, -0.15) is 0 Å². The van der Waals surface area contributed by atoms with Crippen molar-refractivity contribution < 1.29 is 8.83 Å². The van der Waals surface area contributed by atoms with Crippen LogP contribution in [0.4, 0.5) is 32.8 Å². The Kier molecular flexibility index (Phi) is 7.15. The zero-order valence-electron chi connectivity index (χ0n) is 31.1. The van der Waals surface area contributed by atoms with Gasteiger partial charge in [0.1, 0.15) is 32.3 Å². The summed E-state index contributed by atoms with van der Waals surface area (Å²) in [5, 5.41) is 10.3. The second-order valence-corrected chi connectivity index (χ2v) is 18.0. The highest BCUT2D eigenvalue weighted by Crippen LogP contribution is 2.48. The fourth-order valence-corrected chi connectivity index (χ4v) is 11.9. The Morgan fingerprint density at radius 1 is 0.356 bits per heavy atom. The van der Waals surface area contributed by atoms with Crippen LogP contribution in [-0.2, 0) is 0 Å². The molecular weight excluding hydrogens is 783 g/mol. The highest BCUT2D eigenvalue weighted by Gasteiger charge is 2.22. The van der Waals surface area contributed by atoms with Crippen molar-refractivity contribution in [3.8, 4) is 0 Å². The summed E-state index contributed by atoms with van der Waals surface area (Å²) in [5.74, 6) is 0. The van der Waals surface area contributed by atoms with Gasteiger partial charge in [-0.15, -0.1) is 34.0 Å². The molecule has 7 aromatic carbocycles. The van der Waals surface area contributed by atoms with Crippen LogP contribution in [-0.4, -0.2) is 4.98 Å². The van der Waals surface area contributed by atoms with Gasteiger partial charge < -0.3 is 18.6 Å². The molecule has 0 fully saturated rings. The summed E-state index contributed by atoms with van der Waals surface area (Å²) in [4.78, 5) is 9.87. The first-order valence-electron chi connectivity index (χ1n) is 19.4. The van der Waals surface area contributed by atoms with Crippen molar-refractivity contribution in [3.63, 3.8) is 0 Å². The van der Waals surface area contributed by atoms with Crippen LogP contribution >= 0.6 is 34.0 Å². The lowest BCUT2D eigenvalue weighted by Gasteiger charge is -2.23. The van der Waals surface area contributed by atoms with Crippen LogP contribution in [0.5, 0.6) is 0 Å². The molecule has 0 N–H and O–H groups in total. The van der Waals surface area contributed by atoms with E-state index in [0.29, 0.717) is 0 Å². The van der Waals surface area contributed by atoms with Gasteiger partial charge in [-0.1, -0.05) is 72.8 Å². The molecule has 0 unspecified atom stereocenters. The lowest BCUT2D eigenvalue weighted by Crippen LogP contribution is -2.08. The third kappa shape index (κ3) is 5.24. The van der Waals surface area contributed by atoms with E-state index in [0.717, 1.165) is 92.2 Å². The molecule has 59 heavy (non-hydrogen) atoms. The van der Waals surface area contributed by atoms with Crippen molar-refractivity contribution in [2.24, 2.45) is 0 Å². The monoisotopic (exact) mass is 811 g/mol. The van der Waals surface area contributed by atoms with E-state index in [1.165, 1.54) is 24.9 Å². The van der Waals surface area contributed by atoms with Gasteiger partial charge in [0, 0.05) is 58.9 Å². The maximum Gasteiger partial charge on any atom is 0.137 e. The molecule has 5 nitrogen and oxygen atoms in total. The molecule has 0 saturated heterocycles. The third-order valence-electron chi connectivity index (χ3n) is 11.3. The van der Waals surface area contributed by atoms with E-state index in [-0.39, 0.29) is 0 Å². The van der Waals surface area contributed by atoms with E-state index in [1.807, 2.05) is 30.5 Å². The van der Waals surface area contributed by atoms with Gasteiger partial charge in [-0.3, -0.25) is 4.98 Å². The summed E-state index contributed by atoms with van der Waals surface area (Å²) >= 11 is 5.36. The molecule has 0 aliphatic carbocycles. The number of rotatable bonds is 6. The normalized spacial score (nSPS) is 12.1. The number of hydrogen-bond donors (Lipinski definition) is 0. The van der Waals surface area contributed by atoms with E-state index in [1.54, 1.807) is 34.0 Å². The van der Waals surface area contributed by atoms with Crippen LogP contribution in [0.2, 0.25) is 0 Å². The molecule has 13 aromatic rings. The molecule has 13 rings (SSSR count). The van der Waals surface area contributed by atoms with Crippen LogP contribution in [0.25, 0.3) is 84.4 Å². The first-order chi connectivity index (χ1) is 29.2. The van der Waals surface area contributed by atoms with Gasteiger partial charge in [0.15, 0.2) is 0 Å². The van der Waals surface area contributed by atoms with E-state index in [9.17, 15) is 0 Å². The Morgan fingerprint density at radius 2 is 0.831 bits per heavy atom. The summed E-state index contributed by atoms with van der Waals surface area (Å²) in [6, 6.07) is 60.4. The number of aromatic nitrogens is 1. The fourth-order valence-electron chi connectivity index (χ4n) is 8.56. The SMILES string of the molecule is c1ccc2sc(N(c3ccc4c(c3)oc3ccccc34)c3ccc4c(c3)sc3cc(N(c5ccc6c(c5)oc5ccccc56)c5cc6ccccc6s5)cnc34)cc2c1. The fraction of sp³-hybridized carbons (Fsp3) is 0. The highest BCUT2D eigenvalue weighted by atomic mass is 32.1. The smallest absolute Gasteiger partial charge is 0.137 e. The van der Waals surface area contributed by atoms with Crippen molar-refractivity contribution in [2.75, 3.05) is 9.80 Å².